The molecule has 28 heavy (non-hydrogen) atoms. The molecule has 0 aliphatic carbocycles. The summed E-state index contributed by atoms with van der Waals surface area (Å²) in [7, 11) is 1.50. The van der Waals surface area contributed by atoms with E-state index in [1.54, 1.807) is 36.4 Å². The Morgan fingerprint density at radius 3 is 2.71 bits per heavy atom. The molecular formula is C21H19FN2O4. The lowest BCUT2D eigenvalue weighted by Gasteiger charge is -2.11. The molecule has 0 radical (unpaired) electrons. The molecule has 0 atom stereocenters. The van der Waals surface area contributed by atoms with Crippen molar-refractivity contribution < 1.29 is 23.5 Å². The fourth-order valence-corrected chi connectivity index (χ4v) is 2.71. The topological polar surface area (TPSA) is 67.9 Å². The van der Waals surface area contributed by atoms with Gasteiger partial charge in [0.1, 0.15) is 18.1 Å². The third kappa shape index (κ3) is 4.20. The van der Waals surface area contributed by atoms with E-state index in [0.29, 0.717) is 22.6 Å². The highest BCUT2D eigenvalue weighted by Gasteiger charge is 2.32. The Bertz CT molecular complexity index is 955. The fourth-order valence-electron chi connectivity index (χ4n) is 2.71. The number of benzene rings is 2. The summed E-state index contributed by atoms with van der Waals surface area (Å²) >= 11 is 0. The monoisotopic (exact) mass is 382 g/mol. The molecule has 3 amide bonds. The maximum atomic E-state index is 13.3. The molecule has 1 saturated heterocycles. The van der Waals surface area contributed by atoms with E-state index < -0.39 is 11.9 Å². The van der Waals surface area contributed by atoms with E-state index in [1.807, 2.05) is 0 Å². The van der Waals surface area contributed by atoms with Crippen molar-refractivity contribution in [3.8, 4) is 11.5 Å². The van der Waals surface area contributed by atoms with Gasteiger partial charge in [0.2, 0.25) is 0 Å². The van der Waals surface area contributed by atoms with Crippen LogP contribution in [0.15, 0.2) is 60.8 Å². The van der Waals surface area contributed by atoms with Gasteiger partial charge >= 0.3 is 6.03 Å². The van der Waals surface area contributed by atoms with Crippen molar-refractivity contribution in [2.24, 2.45) is 0 Å². The summed E-state index contributed by atoms with van der Waals surface area (Å²) in [5.74, 6) is 0.175. The van der Waals surface area contributed by atoms with Gasteiger partial charge in [0.25, 0.3) is 5.91 Å². The summed E-state index contributed by atoms with van der Waals surface area (Å²) in [6.07, 6.45) is 3.04. The van der Waals surface area contributed by atoms with Crippen molar-refractivity contribution in [3.63, 3.8) is 0 Å². The lowest BCUT2D eigenvalue weighted by molar-refractivity contribution is -0.122. The van der Waals surface area contributed by atoms with Crippen molar-refractivity contribution >= 4 is 18.0 Å². The van der Waals surface area contributed by atoms with Crippen molar-refractivity contribution in [1.29, 1.82) is 0 Å². The van der Waals surface area contributed by atoms with Crippen LogP contribution >= 0.6 is 0 Å². The second kappa shape index (κ2) is 8.39. The summed E-state index contributed by atoms with van der Waals surface area (Å²) < 4.78 is 24.3. The number of hydrogen-bond donors (Lipinski definition) is 1. The Balaban J connectivity index is 1.77. The van der Waals surface area contributed by atoms with Gasteiger partial charge < -0.3 is 14.8 Å². The predicted molar refractivity (Wildman–Crippen MR) is 102 cm³/mol. The summed E-state index contributed by atoms with van der Waals surface area (Å²) in [5, 5.41) is 2.53. The molecule has 144 valence electrons. The average molecular weight is 382 g/mol. The first kappa shape index (κ1) is 19.2. The number of methoxy groups -OCH3 is 1. The van der Waals surface area contributed by atoms with E-state index in [2.05, 4.69) is 11.9 Å². The molecule has 2 aromatic rings. The number of nitrogens with zero attached hydrogens (tertiary/aromatic N) is 1. The summed E-state index contributed by atoms with van der Waals surface area (Å²) in [6.45, 7) is 3.85. The Morgan fingerprint density at radius 1 is 1.18 bits per heavy atom. The van der Waals surface area contributed by atoms with Crippen LogP contribution in [0.5, 0.6) is 11.5 Å². The van der Waals surface area contributed by atoms with Crippen molar-refractivity contribution in [3.05, 3.63) is 77.8 Å². The summed E-state index contributed by atoms with van der Waals surface area (Å²) in [6, 6.07) is 10.8. The average Bonchev–Trinajstić information content (AvgIpc) is 2.94. The summed E-state index contributed by atoms with van der Waals surface area (Å²) in [4.78, 5) is 25.2. The number of carbonyl (C=O) groups excluding carboxylic acids is 2. The molecular weight excluding hydrogens is 363 g/mol. The SMILES string of the molecule is C=CCN1C(=O)NC(=Cc2ccc(OCc3cccc(F)c3)c(OC)c2)C1=O. The molecule has 1 N–H and O–H groups in total. The van der Waals surface area contributed by atoms with Crippen LogP contribution in [-0.2, 0) is 11.4 Å². The van der Waals surface area contributed by atoms with Crippen molar-refractivity contribution in [1.82, 2.24) is 10.2 Å². The van der Waals surface area contributed by atoms with Crippen LogP contribution in [0.3, 0.4) is 0 Å². The largest absolute Gasteiger partial charge is 0.493 e. The lowest BCUT2D eigenvalue weighted by Crippen LogP contribution is -2.30. The number of nitrogens with one attached hydrogen (secondary N) is 1. The normalized spacial score (nSPS) is 14.9. The van der Waals surface area contributed by atoms with Crippen LogP contribution in [0.25, 0.3) is 6.08 Å². The van der Waals surface area contributed by atoms with Gasteiger partial charge in [0, 0.05) is 6.54 Å². The van der Waals surface area contributed by atoms with Gasteiger partial charge in [-0.3, -0.25) is 9.69 Å². The Labute approximate surface area is 161 Å². The highest BCUT2D eigenvalue weighted by Crippen LogP contribution is 2.30. The number of urea groups is 1. The van der Waals surface area contributed by atoms with Gasteiger partial charge in [-0.2, -0.15) is 0 Å². The van der Waals surface area contributed by atoms with E-state index in [-0.39, 0.29) is 24.7 Å². The minimum atomic E-state index is -0.488. The number of imide groups is 1. The minimum Gasteiger partial charge on any atom is -0.493 e. The number of rotatable bonds is 7. The molecule has 6 nitrogen and oxygen atoms in total. The molecule has 0 unspecified atom stereocenters. The molecule has 0 saturated carbocycles. The van der Waals surface area contributed by atoms with Crippen LogP contribution < -0.4 is 14.8 Å². The van der Waals surface area contributed by atoms with Gasteiger partial charge in [0.05, 0.1) is 7.11 Å². The first-order valence-electron chi connectivity index (χ1n) is 8.52. The second-order valence-electron chi connectivity index (χ2n) is 6.02. The number of ether oxygens (including phenoxy) is 2. The Hall–Kier alpha value is -3.61. The van der Waals surface area contributed by atoms with Crippen molar-refractivity contribution in [2.45, 2.75) is 6.61 Å². The van der Waals surface area contributed by atoms with Gasteiger partial charge in [-0.05, 0) is 41.5 Å². The van der Waals surface area contributed by atoms with Crippen LogP contribution in [0.2, 0.25) is 0 Å². The zero-order valence-electron chi connectivity index (χ0n) is 15.3. The standard InChI is InChI=1S/C21H19FN2O4/c1-3-9-24-20(25)17(23-21(24)26)11-14-7-8-18(19(12-14)27-2)28-13-15-5-4-6-16(22)10-15/h3-8,10-12H,1,9,13H2,2H3,(H,23,26). The maximum Gasteiger partial charge on any atom is 0.329 e. The Kier molecular flexibility index (Phi) is 5.74. The van der Waals surface area contributed by atoms with E-state index in [0.717, 1.165) is 4.90 Å². The van der Waals surface area contributed by atoms with E-state index in [9.17, 15) is 14.0 Å². The second-order valence-corrected chi connectivity index (χ2v) is 6.02. The molecule has 1 aliphatic rings. The first-order chi connectivity index (χ1) is 13.5. The van der Waals surface area contributed by atoms with Gasteiger partial charge in [0.15, 0.2) is 11.5 Å². The third-order valence-corrected chi connectivity index (χ3v) is 4.06. The molecule has 1 heterocycles. The summed E-state index contributed by atoms with van der Waals surface area (Å²) in [5.41, 5.74) is 1.51. The molecule has 0 aromatic heterocycles. The van der Waals surface area contributed by atoms with Gasteiger partial charge in [-0.15, -0.1) is 6.58 Å². The number of carbonyl (C=O) groups is 2. The van der Waals surface area contributed by atoms with Gasteiger partial charge in [-0.1, -0.05) is 24.3 Å². The van der Waals surface area contributed by atoms with E-state index in [1.165, 1.54) is 25.3 Å². The molecule has 7 heteroatoms. The zero-order valence-corrected chi connectivity index (χ0v) is 15.3. The van der Waals surface area contributed by atoms with E-state index in [4.69, 9.17) is 9.47 Å². The predicted octanol–water partition coefficient (Wildman–Crippen LogP) is 3.49. The lowest BCUT2D eigenvalue weighted by atomic mass is 10.1. The first-order valence-corrected chi connectivity index (χ1v) is 8.52. The highest BCUT2D eigenvalue weighted by atomic mass is 19.1. The van der Waals surface area contributed by atoms with Crippen LogP contribution in [0, 0.1) is 5.82 Å². The quantitative estimate of drug-likeness (QED) is 0.452. The minimum absolute atomic E-state index is 0.137. The molecule has 3 rings (SSSR count). The van der Waals surface area contributed by atoms with Crippen LogP contribution in [-0.4, -0.2) is 30.5 Å². The zero-order chi connectivity index (χ0) is 20.1. The van der Waals surface area contributed by atoms with E-state index >= 15 is 0 Å². The van der Waals surface area contributed by atoms with Crippen LogP contribution in [0.4, 0.5) is 9.18 Å². The Morgan fingerprint density at radius 2 is 2.00 bits per heavy atom. The molecule has 0 bridgehead atoms. The fraction of sp³-hybridized carbons (Fsp3) is 0.143. The molecule has 1 aliphatic heterocycles. The van der Waals surface area contributed by atoms with Crippen molar-refractivity contribution in [2.75, 3.05) is 13.7 Å². The van der Waals surface area contributed by atoms with Gasteiger partial charge in [-0.25, -0.2) is 9.18 Å². The number of hydrogen-bond acceptors (Lipinski definition) is 4. The number of amides is 3. The smallest absolute Gasteiger partial charge is 0.329 e. The molecule has 0 spiro atoms. The number of halogens is 1. The van der Waals surface area contributed by atoms with Crippen LogP contribution in [0.1, 0.15) is 11.1 Å². The maximum absolute atomic E-state index is 13.3. The molecule has 1 fully saturated rings. The third-order valence-electron chi connectivity index (χ3n) is 4.06. The highest BCUT2D eigenvalue weighted by molar-refractivity contribution is 6.14. The molecule has 2 aromatic carbocycles.